The first-order valence-corrected chi connectivity index (χ1v) is 10.2. The van der Waals surface area contributed by atoms with Gasteiger partial charge in [0.1, 0.15) is 0 Å². The smallest absolute Gasteiger partial charge is 0.214 e. The molecule has 0 fully saturated rings. The van der Waals surface area contributed by atoms with Gasteiger partial charge in [0.2, 0.25) is 5.16 Å². The van der Waals surface area contributed by atoms with Crippen LogP contribution in [0, 0.1) is 0 Å². The normalized spacial score (nSPS) is 11.1. The van der Waals surface area contributed by atoms with E-state index in [0.29, 0.717) is 31.5 Å². The van der Waals surface area contributed by atoms with Gasteiger partial charge in [-0.2, -0.15) is 4.68 Å². The molecule has 0 saturated carbocycles. The molecule has 0 aliphatic carbocycles. The summed E-state index contributed by atoms with van der Waals surface area (Å²) in [4.78, 5) is 12.6. The van der Waals surface area contributed by atoms with Crippen molar-refractivity contribution < 1.29 is 4.79 Å². The van der Waals surface area contributed by atoms with Crippen molar-refractivity contribution in [1.82, 2.24) is 20.2 Å². The molecule has 0 atom stereocenters. The van der Waals surface area contributed by atoms with E-state index in [9.17, 15) is 4.79 Å². The zero-order valence-electron chi connectivity index (χ0n) is 14.1. The van der Waals surface area contributed by atoms with Gasteiger partial charge in [-0.3, -0.25) is 4.79 Å². The van der Waals surface area contributed by atoms with Crippen LogP contribution in [0.4, 0.5) is 0 Å². The molecule has 0 aliphatic rings. The third-order valence-corrected chi connectivity index (χ3v) is 6.01. The summed E-state index contributed by atoms with van der Waals surface area (Å²) in [6.07, 6.45) is 0. The molecule has 0 unspecified atom stereocenters. The number of rotatable bonds is 5. The fourth-order valence-corrected chi connectivity index (χ4v) is 4.07. The lowest BCUT2D eigenvalue weighted by molar-refractivity contribution is 0.102. The minimum Gasteiger partial charge on any atom is -0.293 e. The number of Topliss-reactive ketones (excluding diaryl/α,β-unsaturated/α-hetero) is 1. The Bertz CT molecular complexity index is 1190. The molecule has 0 N–H and O–H groups in total. The molecule has 0 aliphatic heterocycles. The van der Waals surface area contributed by atoms with E-state index in [1.807, 2.05) is 42.5 Å². The minimum atomic E-state index is -0.0226. The monoisotopic (exact) mass is 448 g/mol. The van der Waals surface area contributed by atoms with Gasteiger partial charge in [0.25, 0.3) is 0 Å². The highest BCUT2D eigenvalue weighted by atomic mass is 35.5. The summed E-state index contributed by atoms with van der Waals surface area (Å²) < 4.78 is 1.43. The standard InChI is InChI=1S/C19H11Cl3N4OS/c20-14-8-16(22)17(9-15(14)21)26-19(23-24-25-26)28-10-18(27)13-6-5-11-3-1-2-4-12(11)7-13/h1-9H,10H2. The predicted molar refractivity (Wildman–Crippen MR) is 113 cm³/mol. The van der Waals surface area contributed by atoms with Gasteiger partial charge >= 0.3 is 0 Å². The zero-order valence-corrected chi connectivity index (χ0v) is 17.2. The molecule has 0 amide bonds. The number of hydrogen-bond acceptors (Lipinski definition) is 5. The van der Waals surface area contributed by atoms with Gasteiger partial charge in [-0.15, -0.1) is 5.10 Å². The van der Waals surface area contributed by atoms with Crippen LogP contribution in [0.25, 0.3) is 16.5 Å². The minimum absolute atomic E-state index is 0.0226. The van der Waals surface area contributed by atoms with E-state index in [4.69, 9.17) is 34.8 Å². The number of carbonyl (C=O) groups excluding carboxylic acids is 1. The van der Waals surface area contributed by atoms with Crippen LogP contribution in [0.5, 0.6) is 0 Å². The fourth-order valence-electron chi connectivity index (χ4n) is 2.67. The molecule has 0 radical (unpaired) electrons. The number of carbonyl (C=O) groups is 1. The van der Waals surface area contributed by atoms with Gasteiger partial charge < -0.3 is 0 Å². The number of thioether (sulfide) groups is 1. The number of tetrazole rings is 1. The van der Waals surface area contributed by atoms with Crippen LogP contribution in [0.15, 0.2) is 59.8 Å². The Balaban J connectivity index is 1.55. The molecule has 0 bridgehead atoms. The Kier molecular flexibility index (Phi) is 5.55. The fraction of sp³-hybridized carbons (Fsp3) is 0.0526. The van der Waals surface area contributed by atoms with Crippen molar-refractivity contribution in [2.45, 2.75) is 5.16 Å². The number of nitrogens with zero attached hydrogens (tertiary/aromatic N) is 4. The lowest BCUT2D eigenvalue weighted by Crippen LogP contribution is -2.05. The molecule has 0 spiro atoms. The summed E-state index contributed by atoms with van der Waals surface area (Å²) in [6, 6.07) is 16.6. The van der Waals surface area contributed by atoms with E-state index >= 15 is 0 Å². The molecule has 5 nitrogen and oxygen atoms in total. The summed E-state index contributed by atoms with van der Waals surface area (Å²) in [6.45, 7) is 0. The van der Waals surface area contributed by atoms with Gasteiger partial charge in [0.15, 0.2) is 5.78 Å². The molecular formula is C19H11Cl3N4OS. The van der Waals surface area contributed by atoms with Crippen molar-refractivity contribution in [3.05, 3.63) is 75.2 Å². The molecule has 1 aromatic heterocycles. The Labute approximate surface area is 179 Å². The molecule has 9 heteroatoms. The van der Waals surface area contributed by atoms with E-state index in [0.717, 1.165) is 10.8 Å². The molecule has 140 valence electrons. The highest BCUT2D eigenvalue weighted by Gasteiger charge is 2.16. The number of ketones is 1. The first-order chi connectivity index (χ1) is 13.5. The van der Waals surface area contributed by atoms with Crippen LogP contribution in [0.1, 0.15) is 10.4 Å². The van der Waals surface area contributed by atoms with Gasteiger partial charge in [0.05, 0.1) is 26.5 Å². The van der Waals surface area contributed by atoms with Crippen LogP contribution in [-0.4, -0.2) is 31.7 Å². The quantitative estimate of drug-likeness (QED) is 0.220. The molecule has 4 rings (SSSR count). The van der Waals surface area contributed by atoms with Crippen molar-refractivity contribution in [1.29, 1.82) is 0 Å². The van der Waals surface area contributed by atoms with E-state index in [2.05, 4.69) is 15.5 Å². The molecule has 1 heterocycles. The number of aromatic nitrogens is 4. The van der Waals surface area contributed by atoms with E-state index in [1.54, 1.807) is 6.07 Å². The van der Waals surface area contributed by atoms with Crippen LogP contribution in [0.3, 0.4) is 0 Å². The van der Waals surface area contributed by atoms with E-state index < -0.39 is 0 Å². The van der Waals surface area contributed by atoms with Gasteiger partial charge in [-0.25, -0.2) is 0 Å². The number of benzene rings is 3. The number of fused-ring (bicyclic) bond motifs is 1. The number of halogens is 3. The highest BCUT2D eigenvalue weighted by Crippen LogP contribution is 2.32. The summed E-state index contributed by atoms with van der Waals surface area (Å²) in [5, 5.41) is 15.2. The van der Waals surface area contributed by atoms with E-state index in [1.165, 1.54) is 22.5 Å². The van der Waals surface area contributed by atoms with Crippen LogP contribution in [-0.2, 0) is 0 Å². The molecule has 0 saturated heterocycles. The Morgan fingerprint density at radius 2 is 1.68 bits per heavy atom. The largest absolute Gasteiger partial charge is 0.293 e. The Morgan fingerprint density at radius 3 is 2.50 bits per heavy atom. The van der Waals surface area contributed by atoms with Crippen molar-refractivity contribution in [3.63, 3.8) is 0 Å². The summed E-state index contributed by atoms with van der Waals surface area (Å²) in [5.41, 5.74) is 1.12. The predicted octanol–water partition coefficient (Wildman–Crippen LogP) is 5.75. The Morgan fingerprint density at radius 1 is 0.929 bits per heavy atom. The van der Waals surface area contributed by atoms with Crippen LogP contribution in [0.2, 0.25) is 15.1 Å². The Hall–Kier alpha value is -2.12. The summed E-state index contributed by atoms with van der Waals surface area (Å²) in [5.74, 6) is 0.156. The average molecular weight is 450 g/mol. The summed E-state index contributed by atoms with van der Waals surface area (Å²) in [7, 11) is 0. The van der Waals surface area contributed by atoms with Crippen molar-refractivity contribution in [2.24, 2.45) is 0 Å². The zero-order chi connectivity index (χ0) is 19.7. The number of hydrogen-bond donors (Lipinski definition) is 0. The third kappa shape index (κ3) is 3.86. The van der Waals surface area contributed by atoms with Crippen molar-refractivity contribution in [3.8, 4) is 5.69 Å². The average Bonchev–Trinajstić information content (AvgIpc) is 3.16. The van der Waals surface area contributed by atoms with Crippen molar-refractivity contribution in [2.75, 3.05) is 5.75 Å². The molecule has 3 aromatic carbocycles. The maximum Gasteiger partial charge on any atom is 0.214 e. The van der Waals surface area contributed by atoms with Gasteiger partial charge in [-0.05, 0) is 39.4 Å². The van der Waals surface area contributed by atoms with Crippen molar-refractivity contribution >= 4 is 63.1 Å². The first-order valence-electron chi connectivity index (χ1n) is 8.11. The molecule has 4 aromatic rings. The second-order valence-corrected chi connectivity index (χ2v) is 8.03. The maximum absolute atomic E-state index is 12.6. The molecule has 28 heavy (non-hydrogen) atoms. The highest BCUT2D eigenvalue weighted by molar-refractivity contribution is 7.99. The first kappa shape index (κ1) is 19.2. The van der Waals surface area contributed by atoms with Crippen LogP contribution >= 0.6 is 46.6 Å². The topological polar surface area (TPSA) is 60.7 Å². The summed E-state index contributed by atoms with van der Waals surface area (Å²) >= 11 is 19.5. The van der Waals surface area contributed by atoms with Gasteiger partial charge in [0, 0.05) is 5.56 Å². The van der Waals surface area contributed by atoms with Gasteiger partial charge in [-0.1, -0.05) is 83.0 Å². The third-order valence-electron chi connectivity index (χ3n) is 4.06. The maximum atomic E-state index is 12.6. The lowest BCUT2D eigenvalue weighted by Gasteiger charge is -2.08. The SMILES string of the molecule is O=C(CSc1nnnn1-c1cc(Cl)c(Cl)cc1Cl)c1ccc2ccccc2c1. The molecular weight excluding hydrogens is 439 g/mol. The van der Waals surface area contributed by atoms with Crippen LogP contribution < -0.4 is 0 Å². The second-order valence-electron chi connectivity index (χ2n) is 5.86. The lowest BCUT2D eigenvalue weighted by atomic mass is 10.1. The van der Waals surface area contributed by atoms with E-state index in [-0.39, 0.29) is 11.5 Å². The second kappa shape index (κ2) is 8.09.